The van der Waals surface area contributed by atoms with Crippen molar-refractivity contribution in [3.05, 3.63) is 47.7 Å². The lowest BCUT2D eigenvalue weighted by molar-refractivity contribution is -0.134. The van der Waals surface area contributed by atoms with Crippen molar-refractivity contribution in [2.24, 2.45) is 0 Å². The Morgan fingerprint density at radius 1 is 0.935 bits per heavy atom. The third-order valence-corrected chi connectivity index (χ3v) is 5.73. The van der Waals surface area contributed by atoms with E-state index in [0.717, 1.165) is 12.8 Å². The van der Waals surface area contributed by atoms with E-state index in [9.17, 15) is 14.4 Å². The Morgan fingerprint density at radius 2 is 1.61 bits per heavy atom. The van der Waals surface area contributed by atoms with E-state index in [1.54, 1.807) is 17.0 Å². The maximum absolute atomic E-state index is 13.0. The van der Waals surface area contributed by atoms with Gasteiger partial charge in [-0.25, -0.2) is 0 Å². The Morgan fingerprint density at radius 3 is 2.26 bits per heavy atom. The number of Topliss-reactive ketones (excluding diaryl/α,β-unsaturated/α-hetero) is 1. The van der Waals surface area contributed by atoms with E-state index in [0.29, 0.717) is 54.2 Å². The number of piperazine rings is 1. The summed E-state index contributed by atoms with van der Waals surface area (Å²) < 4.78 is 10.7. The van der Waals surface area contributed by atoms with Gasteiger partial charge >= 0.3 is 0 Å². The number of hydrogen-bond donors (Lipinski definition) is 1. The Kier molecular flexibility index (Phi) is 5.79. The molecule has 1 aliphatic carbocycles. The number of carbonyl (C=O) groups excluding carboxylic acids is 3. The largest absolute Gasteiger partial charge is 0.496 e. The van der Waals surface area contributed by atoms with Gasteiger partial charge in [-0.2, -0.15) is 0 Å². The average molecular weight is 423 g/mol. The number of fused-ring (bicyclic) bond motifs is 1. The second-order valence-electron chi connectivity index (χ2n) is 7.48. The fourth-order valence-electron chi connectivity index (χ4n) is 4.04. The second kappa shape index (κ2) is 8.67. The highest BCUT2D eigenvalue weighted by Crippen LogP contribution is 2.35. The van der Waals surface area contributed by atoms with Crippen LogP contribution in [0.5, 0.6) is 11.5 Å². The molecule has 1 saturated heterocycles. The Balaban J connectivity index is 1.48. The van der Waals surface area contributed by atoms with Gasteiger partial charge in [0.05, 0.1) is 30.7 Å². The van der Waals surface area contributed by atoms with Crippen molar-refractivity contribution in [3.8, 4) is 11.5 Å². The molecule has 0 spiro atoms. The summed E-state index contributed by atoms with van der Waals surface area (Å²) in [7, 11) is 3.05. The van der Waals surface area contributed by atoms with Crippen LogP contribution in [0.3, 0.4) is 0 Å². The van der Waals surface area contributed by atoms with Crippen molar-refractivity contribution in [2.75, 3.05) is 40.4 Å². The molecular formula is C23H25N3O5. The monoisotopic (exact) mass is 423 g/mol. The molecule has 2 aromatic rings. The van der Waals surface area contributed by atoms with Gasteiger partial charge in [-0.15, -0.1) is 0 Å². The minimum absolute atomic E-state index is 0.0252. The number of ketones is 1. The molecule has 1 aliphatic heterocycles. The first kappa shape index (κ1) is 20.7. The molecule has 0 atom stereocenters. The SMILES string of the molecule is COc1ccc(OC)c2c(C(=O)C(=O)N3CCN(C(=O)C4=CCCC=C4)CC3)c[nH]c12. The van der Waals surface area contributed by atoms with Crippen LogP contribution in [0.4, 0.5) is 0 Å². The minimum atomic E-state index is -0.615. The molecule has 8 nitrogen and oxygen atoms in total. The van der Waals surface area contributed by atoms with Gasteiger partial charge in [0.15, 0.2) is 0 Å². The number of aromatic amines is 1. The molecule has 1 N–H and O–H groups in total. The van der Waals surface area contributed by atoms with Crippen LogP contribution in [0, 0.1) is 0 Å². The highest BCUT2D eigenvalue weighted by atomic mass is 16.5. The number of rotatable bonds is 5. The highest BCUT2D eigenvalue weighted by molar-refractivity contribution is 6.45. The number of benzene rings is 1. The molecule has 4 rings (SSSR count). The summed E-state index contributed by atoms with van der Waals surface area (Å²) in [6.45, 7) is 1.42. The Bertz CT molecular complexity index is 1090. The zero-order valence-electron chi connectivity index (χ0n) is 17.6. The van der Waals surface area contributed by atoms with Gasteiger partial charge in [0, 0.05) is 37.9 Å². The average Bonchev–Trinajstić information content (AvgIpc) is 3.28. The van der Waals surface area contributed by atoms with Crippen molar-refractivity contribution in [3.63, 3.8) is 0 Å². The summed E-state index contributed by atoms with van der Waals surface area (Å²) in [5.74, 6) is -0.189. The van der Waals surface area contributed by atoms with Gasteiger partial charge in [0.1, 0.15) is 11.5 Å². The third-order valence-electron chi connectivity index (χ3n) is 5.73. The fraction of sp³-hybridized carbons (Fsp3) is 0.348. The molecular weight excluding hydrogens is 398 g/mol. The van der Waals surface area contributed by atoms with Crippen molar-refractivity contribution in [2.45, 2.75) is 12.8 Å². The van der Waals surface area contributed by atoms with Crippen LogP contribution in [0.2, 0.25) is 0 Å². The predicted molar refractivity (Wildman–Crippen MR) is 115 cm³/mol. The van der Waals surface area contributed by atoms with Crippen LogP contribution in [0.15, 0.2) is 42.1 Å². The molecule has 0 saturated carbocycles. The van der Waals surface area contributed by atoms with Crippen molar-refractivity contribution < 1.29 is 23.9 Å². The second-order valence-corrected chi connectivity index (χ2v) is 7.48. The van der Waals surface area contributed by atoms with E-state index in [1.807, 2.05) is 18.2 Å². The van der Waals surface area contributed by atoms with E-state index in [2.05, 4.69) is 4.98 Å². The number of hydrogen-bond acceptors (Lipinski definition) is 5. The molecule has 1 aromatic heterocycles. The van der Waals surface area contributed by atoms with Crippen LogP contribution >= 0.6 is 0 Å². The first-order valence-corrected chi connectivity index (χ1v) is 10.3. The zero-order valence-corrected chi connectivity index (χ0v) is 17.6. The molecule has 0 unspecified atom stereocenters. The van der Waals surface area contributed by atoms with E-state index < -0.39 is 11.7 Å². The number of methoxy groups -OCH3 is 2. The zero-order chi connectivity index (χ0) is 22.0. The van der Waals surface area contributed by atoms with E-state index in [-0.39, 0.29) is 11.5 Å². The quantitative estimate of drug-likeness (QED) is 0.589. The normalized spacial score (nSPS) is 16.3. The van der Waals surface area contributed by atoms with Gasteiger partial charge in [-0.3, -0.25) is 14.4 Å². The number of nitrogens with zero attached hydrogens (tertiary/aromatic N) is 2. The number of H-pyrrole nitrogens is 1. The molecule has 1 aromatic carbocycles. The number of ether oxygens (including phenoxy) is 2. The van der Waals surface area contributed by atoms with E-state index in [1.165, 1.54) is 25.3 Å². The summed E-state index contributed by atoms with van der Waals surface area (Å²) in [6.07, 6.45) is 9.12. The number of aromatic nitrogens is 1. The summed E-state index contributed by atoms with van der Waals surface area (Å²) in [6, 6.07) is 3.44. The first-order valence-electron chi connectivity index (χ1n) is 10.3. The summed E-state index contributed by atoms with van der Waals surface area (Å²) >= 11 is 0. The maximum atomic E-state index is 13.0. The van der Waals surface area contributed by atoms with Crippen molar-refractivity contribution >= 4 is 28.5 Å². The standard InChI is InChI=1S/C23H25N3O5/c1-30-17-8-9-18(31-2)20-19(17)16(14-24-20)21(27)23(29)26-12-10-25(11-13-26)22(28)15-6-4-3-5-7-15/h4,6-9,14,24H,3,5,10-13H2,1-2H3. The summed E-state index contributed by atoms with van der Waals surface area (Å²) in [5, 5.41) is 0.519. The van der Waals surface area contributed by atoms with Gasteiger partial charge in [-0.05, 0) is 25.0 Å². The smallest absolute Gasteiger partial charge is 0.295 e. The Labute approximate surface area is 180 Å². The number of allylic oxidation sites excluding steroid dienone is 2. The predicted octanol–water partition coefficient (Wildman–Crippen LogP) is 2.31. The molecule has 2 amide bonds. The molecule has 2 heterocycles. The van der Waals surface area contributed by atoms with Gasteiger partial charge < -0.3 is 24.3 Å². The lowest BCUT2D eigenvalue weighted by Crippen LogP contribution is -2.52. The summed E-state index contributed by atoms with van der Waals surface area (Å²) in [5.41, 5.74) is 1.54. The molecule has 162 valence electrons. The van der Waals surface area contributed by atoms with Crippen LogP contribution in [0.1, 0.15) is 23.2 Å². The molecule has 0 radical (unpaired) electrons. The first-order chi connectivity index (χ1) is 15.0. The topological polar surface area (TPSA) is 91.9 Å². The van der Waals surface area contributed by atoms with Crippen LogP contribution in [0.25, 0.3) is 10.9 Å². The lowest BCUT2D eigenvalue weighted by Gasteiger charge is -2.34. The minimum Gasteiger partial charge on any atom is -0.496 e. The number of carbonyl (C=O) groups is 3. The van der Waals surface area contributed by atoms with Crippen molar-refractivity contribution in [1.29, 1.82) is 0 Å². The maximum Gasteiger partial charge on any atom is 0.295 e. The molecule has 8 heteroatoms. The lowest BCUT2D eigenvalue weighted by atomic mass is 10.1. The Hall–Kier alpha value is -3.55. The number of amides is 2. The molecule has 1 fully saturated rings. The third kappa shape index (κ3) is 3.81. The van der Waals surface area contributed by atoms with Crippen LogP contribution in [-0.2, 0) is 9.59 Å². The van der Waals surface area contributed by atoms with Gasteiger partial charge in [0.25, 0.3) is 17.6 Å². The van der Waals surface area contributed by atoms with Crippen LogP contribution < -0.4 is 9.47 Å². The van der Waals surface area contributed by atoms with E-state index >= 15 is 0 Å². The molecule has 31 heavy (non-hydrogen) atoms. The highest BCUT2D eigenvalue weighted by Gasteiger charge is 2.31. The summed E-state index contributed by atoms with van der Waals surface area (Å²) in [4.78, 5) is 44.9. The van der Waals surface area contributed by atoms with Crippen molar-refractivity contribution in [1.82, 2.24) is 14.8 Å². The fourth-order valence-corrected chi connectivity index (χ4v) is 4.04. The van der Waals surface area contributed by atoms with Gasteiger partial charge in [-0.1, -0.05) is 18.2 Å². The van der Waals surface area contributed by atoms with E-state index in [4.69, 9.17) is 9.47 Å². The number of nitrogens with one attached hydrogen (secondary N) is 1. The van der Waals surface area contributed by atoms with Crippen LogP contribution in [-0.4, -0.2) is 72.8 Å². The molecule has 0 bridgehead atoms. The van der Waals surface area contributed by atoms with Gasteiger partial charge in [0.2, 0.25) is 0 Å². The molecule has 2 aliphatic rings.